The smallest absolute Gasteiger partial charge is 0.119 e. The van der Waals surface area contributed by atoms with Crippen molar-refractivity contribution in [3.63, 3.8) is 0 Å². The summed E-state index contributed by atoms with van der Waals surface area (Å²) in [6.45, 7) is 2.19. The maximum absolute atomic E-state index is 6.42. The van der Waals surface area contributed by atoms with Gasteiger partial charge in [0.1, 0.15) is 5.75 Å². The molecule has 96 valence electrons. The van der Waals surface area contributed by atoms with Crippen LogP contribution >= 0.6 is 11.6 Å². The number of alkyl halides is 1. The van der Waals surface area contributed by atoms with Crippen LogP contribution in [0.2, 0.25) is 0 Å². The van der Waals surface area contributed by atoms with Crippen LogP contribution in [0.15, 0.2) is 36.4 Å². The Labute approximate surface area is 114 Å². The van der Waals surface area contributed by atoms with Gasteiger partial charge in [0.2, 0.25) is 0 Å². The van der Waals surface area contributed by atoms with Crippen molar-refractivity contribution in [3.05, 3.63) is 42.0 Å². The minimum Gasteiger partial charge on any atom is -0.497 e. The van der Waals surface area contributed by atoms with Crippen molar-refractivity contribution < 1.29 is 4.74 Å². The van der Waals surface area contributed by atoms with Gasteiger partial charge in [0.25, 0.3) is 0 Å². The van der Waals surface area contributed by atoms with Gasteiger partial charge < -0.3 is 4.74 Å². The summed E-state index contributed by atoms with van der Waals surface area (Å²) in [5, 5.41) is 2.53. The first-order chi connectivity index (χ1) is 8.74. The molecule has 0 radical (unpaired) electrons. The zero-order chi connectivity index (χ0) is 13.0. The summed E-state index contributed by atoms with van der Waals surface area (Å²) in [7, 11) is 1.69. The molecule has 0 bridgehead atoms. The lowest BCUT2D eigenvalue weighted by Crippen LogP contribution is -1.91. The van der Waals surface area contributed by atoms with Crippen LogP contribution in [0.25, 0.3) is 10.8 Å². The fourth-order valence-electron chi connectivity index (χ4n) is 2.11. The molecule has 2 rings (SSSR count). The van der Waals surface area contributed by atoms with Gasteiger partial charge in [-0.15, -0.1) is 11.6 Å². The summed E-state index contributed by atoms with van der Waals surface area (Å²) in [5.74, 6) is 0.892. The van der Waals surface area contributed by atoms with Crippen LogP contribution in [-0.2, 0) is 0 Å². The molecule has 0 aliphatic carbocycles. The molecule has 0 aliphatic rings. The van der Waals surface area contributed by atoms with Gasteiger partial charge in [-0.1, -0.05) is 38.0 Å². The topological polar surface area (TPSA) is 9.23 Å². The summed E-state index contributed by atoms with van der Waals surface area (Å²) in [6.07, 6.45) is 3.41. The lowest BCUT2D eigenvalue weighted by Gasteiger charge is -2.10. The molecule has 1 unspecified atom stereocenters. The Morgan fingerprint density at radius 3 is 2.56 bits per heavy atom. The summed E-state index contributed by atoms with van der Waals surface area (Å²) in [5.41, 5.74) is 1.21. The van der Waals surface area contributed by atoms with Crippen LogP contribution in [0.5, 0.6) is 5.75 Å². The van der Waals surface area contributed by atoms with E-state index >= 15 is 0 Å². The van der Waals surface area contributed by atoms with Gasteiger partial charge in [-0.3, -0.25) is 0 Å². The van der Waals surface area contributed by atoms with Crippen LogP contribution in [-0.4, -0.2) is 7.11 Å². The van der Waals surface area contributed by atoms with Crippen molar-refractivity contribution in [2.24, 2.45) is 0 Å². The normalized spacial score (nSPS) is 12.6. The first kappa shape index (κ1) is 13.2. The minimum atomic E-state index is 0.122. The molecular formula is C16H19ClO. The average Bonchev–Trinajstić information content (AvgIpc) is 2.43. The van der Waals surface area contributed by atoms with Gasteiger partial charge in [0.05, 0.1) is 12.5 Å². The van der Waals surface area contributed by atoms with E-state index in [1.54, 1.807) is 7.11 Å². The van der Waals surface area contributed by atoms with E-state index in [0.717, 1.165) is 12.2 Å². The predicted molar refractivity (Wildman–Crippen MR) is 78.6 cm³/mol. The van der Waals surface area contributed by atoms with Crippen molar-refractivity contribution in [2.75, 3.05) is 7.11 Å². The van der Waals surface area contributed by atoms with Crippen molar-refractivity contribution >= 4 is 22.4 Å². The fourth-order valence-corrected chi connectivity index (χ4v) is 2.40. The molecule has 0 saturated carbocycles. The Morgan fingerprint density at radius 2 is 1.83 bits per heavy atom. The lowest BCUT2D eigenvalue weighted by atomic mass is 10.0. The molecule has 0 heterocycles. The van der Waals surface area contributed by atoms with Crippen LogP contribution in [0, 0.1) is 0 Å². The minimum absolute atomic E-state index is 0.122. The zero-order valence-electron chi connectivity index (χ0n) is 10.9. The number of hydrogen-bond donors (Lipinski definition) is 0. The second-order valence-electron chi connectivity index (χ2n) is 4.58. The maximum Gasteiger partial charge on any atom is 0.119 e. The molecule has 0 fully saturated rings. The number of fused-ring (bicyclic) bond motifs is 1. The number of unbranched alkanes of at least 4 members (excludes halogenated alkanes) is 1. The van der Waals surface area contributed by atoms with Crippen molar-refractivity contribution in [2.45, 2.75) is 31.6 Å². The number of methoxy groups -OCH3 is 1. The SMILES string of the molecule is CCCCC(Cl)c1ccc2cc(OC)ccc2c1. The van der Waals surface area contributed by atoms with E-state index in [2.05, 4.69) is 31.2 Å². The van der Waals surface area contributed by atoms with Gasteiger partial charge in [-0.25, -0.2) is 0 Å². The van der Waals surface area contributed by atoms with Crippen molar-refractivity contribution in [1.29, 1.82) is 0 Å². The summed E-state index contributed by atoms with van der Waals surface area (Å²) in [6, 6.07) is 12.5. The largest absolute Gasteiger partial charge is 0.497 e. The van der Waals surface area contributed by atoms with E-state index in [4.69, 9.17) is 16.3 Å². The molecule has 0 saturated heterocycles. The van der Waals surface area contributed by atoms with E-state index in [0.29, 0.717) is 0 Å². The van der Waals surface area contributed by atoms with Crippen LogP contribution in [0.1, 0.15) is 37.1 Å². The summed E-state index contributed by atoms with van der Waals surface area (Å²) >= 11 is 6.42. The third-order valence-corrected chi connectivity index (χ3v) is 3.71. The fraction of sp³-hybridized carbons (Fsp3) is 0.375. The molecule has 2 heteroatoms. The number of halogens is 1. The number of rotatable bonds is 5. The van der Waals surface area contributed by atoms with Gasteiger partial charge in [0.15, 0.2) is 0 Å². The Morgan fingerprint density at radius 1 is 1.11 bits per heavy atom. The number of hydrogen-bond acceptors (Lipinski definition) is 1. The van der Waals surface area contributed by atoms with Crippen LogP contribution in [0.3, 0.4) is 0 Å². The monoisotopic (exact) mass is 262 g/mol. The van der Waals surface area contributed by atoms with E-state index in [-0.39, 0.29) is 5.38 Å². The first-order valence-corrected chi connectivity index (χ1v) is 6.90. The average molecular weight is 263 g/mol. The van der Waals surface area contributed by atoms with Gasteiger partial charge in [-0.2, -0.15) is 0 Å². The highest BCUT2D eigenvalue weighted by atomic mass is 35.5. The molecule has 18 heavy (non-hydrogen) atoms. The highest BCUT2D eigenvalue weighted by Crippen LogP contribution is 2.30. The third-order valence-electron chi connectivity index (χ3n) is 3.24. The zero-order valence-corrected chi connectivity index (χ0v) is 11.7. The molecule has 2 aromatic rings. The molecule has 0 N–H and O–H groups in total. The Bertz CT molecular complexity index is 521. The molecule has 2 aromatic carbocycles. The first-order valence-electron chi connectivity index (χ1n) is 6.46. The van der Waals surface area contributed by atoms with Gasteiger partial charge in [-0.05, 0) is 41.0 Å². The molecule has 0 spiro atoms. The number of benzene rings is 2. The van der Waals surface area contributed by atoms with E-state index in [1.807, 2.05) is 12.1 Å². The molecule has 0 aliphatic heterocycles. The van der Waals surface area contributed by atoms with E-state index in [9.17, 15) is 0 Å². The Kier molecular flexibility index (Phi) is 4.48. The lowest BCUT2D eigenvalue weighted by molar-refractivity contribution is 0.415. The molecule has 1 atom stereocenters. The molecule has 1 nitrogen and oxygen atoms in total. The standard InChI is InChI=1S/C16H19ClO/c1-3-4-5-16(17)14-7-6-13-11-15(18-2)9-8-12(13)10-14/h6-11,16H,3-5H2,1-2H3. The number of ether oxygens (including phenoxy) is 1. The van der Waals surface area contributed by atoms with Crippen molar-refractivity contribution in [3.8, 4) is 5.75 Å². The van der Waals surface area contributed by atoms with E-state index in [1.165, 1.54) is 29.2 Å². The maximum atomic E-state index is 6.42. The van der Waals surface area contributed by atoms with Gasteiger partial charge >= 0.3 is 0 Å². The Hall–Kier alpha value is -1.21. The van der Waals surface area contributed by atoms with Gasteiger partial charge in [0, 0.05) is 0 Å². The van der Waals surface area contributed by atoms with Crippen LogP contribution < -0.4 is 4.74 Å². The molecule has 0 amide bonds. The highest BCUT2D eigenvalue weighted by Gasteiger charge is 2.08. The third kappa shape index (κ3) is 2.97. The highest BCUT2D eigenvalue weighted by molar-refractivity contribution is 6.20. The van der Waals surface area contributed by atoms with Crippen LogP contribution in [0.4, 0.5) is 0 Å². The summed E-state index contributed by atoms with van der Waals surface area (Å²) < 4.78 is 5.23. The van der Waals surface area contributed by atoms with Crippen molar-refractivity contribution in [1.82, 2.24) is 0 Å². The van der Waals surface area contributed by atoms with E-state index < -0.39 is 0 Å². The second-order valence-corrected chi connectivity index (χ2v) is 5.11. The molecular weight excluding hydrogens is 244 g/mol. The molecule has 0 aromatic heterocycles. The predicted octanol–water partition coefficient (Wildman–Crippen LogP) is 5.32. The Balaban J connectivity index is 2.27. The second kappa shape index (κ2) is 6.10. The summed E-state index contributed by atoms with van der Waals surface area (Å²) in [4.78, 5) is 0. The quantitative estimate of drug-likeness (QED) is 0.663.